The van der Waals surface area contributed by atoms with Crippen LogP contribution in [0.15, 0.2) is 23.9 Å². The van der Waals surface area contributed by atoms with Crippen molar-refractivity contribution in [1.82, 2.24) is 4.90 Å². The highest BCUT2D eigenvalue weighted by molar-refractivity contribution is 8.00. The molecule has 0 spiro atoms. The van der Waals surface area contributed by atoms with Gasteiger partial charge in [0.1, 0.15) is 5.70 Å². The van der Waals surface area contributed by atoms with Crippen molar-refractivity contribution in [2.75, 3.05) is 12.3 Å². The van der Waals surface area contributed by atoms with Gasteiger partial charge in [0, 0.05) is 12.3 Å². The highest BCUT2D eigenvalue weighted by Crippen LogP contribution is 2.38. The van der Waals surface area contributed by atoms with Gasteiger partial charge >= 0.3 is 5.97 Å². The molecule has 2 aliphatic heterocycles. The van der Waals surface area contributed by atoms with Gasteiger partial charge in [0.05, 0.1) is 5.37 Å². The second-order valence-electron chi connectivity index (χ2n) is 3.13. The van der Waals surface area contributed by atoms with Crippen LogP contribution in [0.3, 0.4) is 0 Å². The van der Waals surface area contributed by atoms with Gasteiger partial charge in [0.2, 0.25) is 0 Å². The number of aliphatic carboxylic acids is 1. The minimum Gasteiger partial charge on any atom is -0.477 e. The van der Waals surface area contributed by atoms with Crippen molar-refractivity contribution in [3.63, 3.8) is 0 Å². The largest absolute Gasteiger partial charge is 0.477 e. The molecule has 4 heteroatoms. The van der Waals surface area contributed by atoms with E-state index in [4.69, 9.17) is 5.11 Å². The maximum absolute atomic E-state index is 11.0. The monoisotopic (exact) mass is 197 g/mol. The number of fused-ring (bicyclic) bond motifs is 1. The molecule has 0 aromatic carbocycles. The zero-order chi connectivity index (χ0) is 9.42. The van der Waals surface area contributed by atoms with Gasteiger partial charge in [-0.1, -0.05) is 12.7 Å². The fourth-order valence-electron chi connectivity index (χ4n) is 1.65. The molecule has 0 saturated carbocycles. The van der Waals surface area contributed by atoms with Crippen molar-refractivity contribution < 1.29 is 9.90 Å². The van der Waals surface area contributed by atoms with Crippen molar-refractivity contribution in [3.05, 3.63) is 23.9 Å². The maximum atomic E-state index is 11.0. The molecule has 0 bridgehead atoms. The van der Waals surface area contributed by atoms with E-state index in [1.807, 2.05) is 4.90 Å². The minimum absolute atomic E-state index is 0.398. The van der Waals surface area contributed by atoms with Crippen LogP contribution in [0, 0.1) is 0 Å². The first-order valence-corrected chi connectivity index (χ1v) is 5.26. The summed E-state index contributed by atoms with van der Waals surface area (Å²) in [7, 11) is 0. The molecule has 70 valence electrons. The van der Waals surface area contributed by atoms with Crippen molar-refractivity contribution in [1.29, 1.82) is 0 Å². The second-order valence-corrected chi connectivity index (χ2v) is 4.30. The van der Waals surface area contributed by atoms with E-state index in [0.717, 1.165) is 24.3 Å². The Kier molecular flexibility index (Phi) is 2.07. The van der Waals surface area contributed by atoms with E-state index < -0.39 is 5.97 Å². The Morgan fingerprint density at radius 1 is 1.77 bits per heavy atom. The molecule has 13 heavy (non-hydrogen) atoms. The molecule has 1 N–H and O–H groups in total. The topological polar surface area (TPSA) is 40.5 Å². The summed E-state index contributed by atoms with van der Waals surface area (Å²) < 4.78 is 0. The Morgan fingerprint density at radius 2 is 2.54 bits per heavy atom. The van der Waals surface area contributed by atoms with Crippen molar-refractivity contribution >= 4 is 17.7 Å². The van der Waals surface area contributed by atoms with E-state index in [2.05, 4.69) is 6.58 Å². The molecule has 2 rings (SSSR count). The Hall–Kier alpha value is -0.900. The lowest BCUT2D eigenvalue weighted by Gasteiger charge is -2.45. The van der Waals surface area contributed by atoms with Gasteiger partial charge in [-0.25, -0.2) is 4.79 Å². The molecular formula is C9H11NO2S. The molecule has 2 aliphatic rings. The predicted octanol–water partition coefficient (Wildman–Crippen LogP) is 1.29. The number of hydrogen-bond donors (Lipinski definition) is 1. The van der Waals surface area contributed by atoms with Crippen molar-refractivity contribution in [2.45, 2.75) is 11.8 Å². The first-order chi connectivity index (χ1) is 6.24. The number of hydrogen-bond acceptors (Lipinski definition) is 3. The molecule has 1 atom stereocenters. The van der Waals surface area contributed by atoms with E-state index in [0.29, 0.717) is 11.1 Å². The van der Waals surface area contributed by atoms with Crippen LogP contribution < -0.4 is 0 Å². The fourth-order valence-corrected chi connectivity index (χ4v) is 2.94. The summed E-state index contributed by atoms with van der Waals surface area (Å²) >= 11 is 1.80. The molecule has 0 aromatic rings. The van der Waals surface area contributed by atoms with Crippen LogP contribution in [0.4, 0.5) is 0 Å². The lowest BCUT2D eigenvalue weighted by Crippen LogP contribution is -2.49. The Labute approximate surface area is 81.1 Å². The molecule has 0 amide bonds. The second kappa shape index (κ2) is 3.10. The molecule has 1 saturated heterocycles. The molecule has 0 aliphatic carbocycles. The van der Waals surface area contributed by atoms with Gasteiger partial charge in [-0.05, 0) is 12.0 Å². The third-order valence-corrected chi connectivity index (χ3v) is 3.79. The van der Waals surface area contributed by atoms with Crippen LogP contribution in [0.2, 0.25) is 0 Å². The average molecular weight is 197 g/mol. The molecule has 1 unspecified atom stereocenters. The number of thioether (sulfide) groups is 1. The Morgan fingerprint density at radius 3 is 3.00 bits per heavy atom. The summed E-state index contributed by atoms with van der Waals surface area (Å²) in [5.74, 6) is -0.0355. The molecule has 0 radical (unpaired) electrons. The zero-order valence-corrected chi connectivity index (χ0v) is 8.01. The first-order valence-electron chi connectivity index (χ1n) is 4.21. The van der Waals surface area contributed by atoms with Crippen molar-refractivity contribution in [3.8, 4) is 0 Å². The lowest BCUT2D eigenvalue weighted by molar-refractivity contribution is -0.135. The number of carboxylic acid groups (broad SMARTS) is 1. The Bertz CT molecular complexity index is 298. The van der Waals surface area contributed by atoms with E-state index in [-0.39, 0.29) is 0 Å². The SMILES string of the molecule is C=CC1=C(C(=O)O)N2CCC2SC1. The predicted molar refractivity (Wildman–Crippen MR) is 52.4 cm³/mol. The number of nitrogens with zero attached hydrogens (tertiary/aromatic N) is 1. The van der Waals surface area contributed by atoms with Gasteiger partial charge in [-0.15, -0.1) is 11.8 Å². The van der Waals surface area contributed by atoms with E-state index in [9.17, 15) is 4.79 Å². The number of allylic oxidation sites excluding steroid dienone is 1. The summed E-state index contributed by atoms with van der Waals surface area (Å²) in [6.45, 7) is 4.51. The quantitative estimate of drug-likeness (QED) is 0.724. The highest BCUT2D eigenvalue weighted by Gasteiger charge is 2.37. The number of carbonyl (C=O) groups is 1. The molecule has 0 aromatic heterocycles. The zero-order valence-electron chi connectivity index (χ0n) is 7.19. The molecule has 1 fully saturated rings. The van der Waals surface area contributed by atoms with Crippen molar-refractivity contribution in [2.24, 2.45) is 0 Å². The van der Waals surface area contributed by atoms with Gasteiger partial charge in [0.25, 0.3) is 0 Å². The normalized spacial score (nSPS) is 26.5. The van der Waals surface area contributed by atoms with E-state index in [1.54, 1.807) is 17.8 Å². The van der Waals surface area contributed by atoms with Crippen LogP contribution in [0.5, 0.6) is 0 Å². The van der Waals surface area contributed by atoms with E-state index >= 15 is 0 Å². The Balaban J connectivity index is 2.35. The smallest absolute Gasteiger partial charge is 0.352 e. The first kappa shape index (κ1) is 8.69. The molecule has 2 heterocycles. The summed E-state index contributed by atoms with van der Waals surface area (Å²) in [4.78, 5) is 12.9. The third-order valence-electron chi connectivity index (χ3n) is 2.44. The maximum Gasteiger partial charge on any atom is 0.352 e. The lowest BCUT2D eigenvalue weighted by atomic mass is 10.1. The summed E-state index contributed by atoms with van der Waals surface area (Å²) in [6.07, 6.45) is 2.76. The fraction of sp³-hybridized carbons (Fsp3) is 0.444. The van der Waals surface area contributed by atoms with Gasteiger partial charge in [0.15, 0.2) is 0 Å². The summed E-state index contributed by atoms with van der Waals surface area (Å²) in [6, 6.07) is 0. The molecule has 3 nitrogen and oxygen atoms in total. The third kappa shape index (κ3) is 1.25. The number of rotatable bonds is 2. The van der Waals surface area contributed by atoms with Crippen LogP contribution >= 0.6 is 11.8 Å². The van der Waals surface area contributed by atoms with Gasteiger partial charge < -0.3 is 10.0 Å². The van der Waals surface area contributed by atoms with Gasteiger partial charge in [-0.3, -0.25) is 0 Å². The van der Waals surface area contributed by atoms with Crippen LogP contribution in [0.25, 0.3) is 0 Å². The van der Waals surface area contributed by atoms with Crippen LogP contribution in [-0.2, 0) is 4.79 Å². The highest BCUT2D eigenvalue weighted by atomic mass is 32.2. The van der Waals surface area contributed by atoms with E-state index in [1.165, 1.54) is 0 Å². The van der Waals surface area contributed by atoms with Gasteiger partial charge in [-0.2, -0.15) is 0 Å². The standard InChI is InChI=1S/C9H11NO2S/c1-2-6-5-13-7-3-4-10(7)8(6)9(11)12/h2,7H,1,3-5H2,(H,11,12). The average Bonchev–Trinajstić information content (AvgIpc) is 2.05. The van der Waals surface area contributed by atoms with Crippen LogP contribution in [-0.4, -0.2) is 33.6 Å². The summed E-state index contributed by atoms with van der Waals surface area (Å²) in [5, 5.41) is 9.40. The number of carboxylic acids is 1. The summed E-state index contributed by atoms with van der Waals surface area (Å²) in [5.41, 5.74) is 1.32. The van der Waals surface area contributed by atoms with Crippen LogP contribution in [0.1, 0.15) is 6.42 Å². The minimum atomic E-state index is -0.820. The molecular weight excluding hydrogens is 186 g/mol.